The van der Waals surface area contributed by atoms with Crippen molar-refractivity contribution < 1.29 is 14.3 Å². The van der Waals surface area contributed by atoms with Crippen LogP contribution in [0.2, 0.25) is 0 Å². The highest BCUT2D eigenvalue weighted by atomic mass is 35.5. The number of benzene rings is 1. The van der Waals surface area contributed by atoms with Gasteiger partial charge in [-0.25, -0.2) is 0 Å². The van der Waals surface area contributed by atoms with E-state index in [0.717, 1.165) is 30.7 Å². The third-order valence-corrected chi connectivity index (χ3v) is 4.11. The number of hydrogen-bond acceptors (Lipinski definition) is 4. The fourth-order valence-corrected chi connectivity index (χ4v) is 2.58. The minimum Gasteiger partial charge on any atom is -0.492 e. The Balaban J connectivity index is 0.00000242. The van der Waals surface area contributed by atoms with Gasteiger partial charge in [-0.15, -0.1) is 12.4 Å². The average Bonchev–Trinajstić information content (AvgIpc) is 2.54. The second-order valence-corrected chi connectivity index (χ2v) is 5.36. The van der Waals surface area contributed by atoms with Gasteiger partial charge in [0, 0.05) is 25.4 Å². The Morgan fingerprint density at radius 1 is 1.32 bits per heavy atom. The van der Waals surface area contributed by atoms with Crippen LogP contribution in [-0.2, 0) is 9.53 Å². The number of carbonyl (C=O) groups excluding carboxylic acids is 1. The van der Waals surface area contributed by atoms with Crippen LogP contribution in [0.4, 0.5) is 5.69 Å². The SMILES string of the molecule is CCC1(C(=O)Nc2ccc(OCCN)cc2)CCOCC1.Cl. The van der Waals surface area contributed by atoms with Crippen LogP contribution < -0.4 is 15.8 Å². The van der Waals surface area contributed by atoms with Crippen molar-refractivity contribution in [3.8, 4) is 5.75 Å². The third kappa shape index (κ3) is 4.60. The van der Waals surface area contributed by atoms with Crippen LogP contribution >= 0.6 is 12.4 Å². The van der Waals surface area contributed by atoms with E-state index in [0.29, 0.717) is 26.4 Å². The number of ether oxygens (including phenoxy) is 2. The van der Waals surface area contributed by atoms with Crippen LogP contribution in [-0.4, -0.2) is 32.3 Å². The normalized spacial score (nSPS) is 16.5. The van der Waals surface area contributed by atoms with Gasteiger partial charge in [0.25, 0.3) is 0 Å². The molecule has 1 fully saturated rings. The summed E-state index contributed by atoms with van der Waals surface area (Å²) >= 11 is 0. The Labute approximate surface area is 138 Å². The number of amides is 1. The predicted molar refractivity (Wildman–Crippen MR) is 89.6 cm³/mol. The number of rotatable bonds is 6. The number of anilines is 1. The van der Waals surface area contributed by atoms with Crippen molar-refractivity contribution in [2.45, 2.75) is 26.2 Å². The van der Waals surface area contributed by atoms with Crippen LogP contribution in [0.1, 0.15) is 26.2 Å². The molecule has 3 N–H and O–H groups in total. The smallest absolute Gasteiger partial charge is 0.230 e. The Hall–Kier alpha value is -1.30. The van der Waals surface area contributed by atoms with Crippen molar-refractivity contribution >= 4 is 24.0 Å². The van der Waals surface area contributed by atoms with E-state index in [9.17, 15) is 4.79 Å². The van der Waals surface area contributed by atoms with Gasteiger partial charge in [0.1, 0.15) is 12.4 Å². The van der Waals surface area contributed by atoms with Gasteiger partial charge in [-0.3, -0.25) is 4.79 Å². The molecule has 0 radical (unpaired) electrons. The van der Waals surface area contributed by atoms with Crippen LogP contribution in [0.5, 0.6) is 5.75 Å². The first-order valence-corrected chi connectivity index (χ1v) is 7.52. The molecule has 1 aromatic rings. The van der Waals surface area contributed by atoms with E-state index in [1.807, 2.05) is 24.3 Å². The summed E-state index contributed by atoms with van der Waals surface area (Å²) < 4.78 is 10.8. The van der Waals surface area contributed by atoms with Gasteiger partial charge in [0.15, 0.2) is 0 Å². The van der Waals surface area contributed by atoms with Crippen LogP contribution in [0.25, 0.3) is 0 Å². The Morgan fingerprint density at radius 3 is 2.50 bits per heavy atom. The molecule has 0 spiro atoms. The highest BCUT2D eigenvalue weighted by Crippen LogP contribution is 2.35. The van der Waals surface area contributed by atoms with E-state index < -0.39 is 0 Å². The standard InChI is InChI=1S/C16H24N2O3.ClH/c1-2-16(7-10-20-11-8-16)15(19)18-13-3-5-14(6-4-13)21-12-9-17;/h3-6H,2,7-12,17H2,1H3,(H,18,19);1H. The first-order chi connectivity index (χ1) is 10.2. The van der Waals surface area contributed by atoms with E-state index in [4.69, 9.17) is 15.2 Å². The van der Waals surface area contributed by atoms with Crippen molar-refractivity contribution in [2.24, 2.45) is 11.1 Å². The van der Waals surface area contributed by atoms with Gasteiger partial charge in [-0.1, -0.05) is 6.92 Å². The fourth-order valence-electron chi connectivity index (χ4n) is 2.58. The monoisotopic (exact) mass is 328 g/mol. The summed E-state index contributed by atoms with van der Waals surface area (Å²) in [5.74, 6) is 0.846. The highest BCUT2D eigenvalue weighted by Gasteiger charge is 2.38. The maximum absolute atomic E-state index is 12.6. The molecular weight excluding hydrogens is 304 g/mol. The summed E-state index contributed by atoms with van der Waals surface area (Å²) in [6.45, 7) is 4.36. The summed E-state index contributed by atoms with van der Waals surface area (Å²) in [5.41, 5.74) is 5.88. The quantitative estimate of drug-likeness (QED) is 0.841. The molecule has 0 bridgehead atoms. The number of nitrogens with one attached hydrogen (secondary N) is 1. The predicted octanol–water partition coefficient (Wildman–Crippen LogP) is 2.59. The van der Waals surface area contributed by atoms with Crippen molar-refractivity contribution in [1.29, 1.82) is 0 Å². The summed E-state index contributed by atoms with van der Waals surface area (Å²) in [5, 5.41) is 3.01. The largest absolute Gasteiger partial charge is 0.492 e. The molecule has 124 valence electrons. The van der Waals surface area contributed by atoms with E-state index >= 15 is 0 Å². The Kier molecular flexibility index (Phi) is 7.65. The maximum Gasteiger partial charge on any atom is 0.230 e. The molecule has 1 aromatic carbocycles. The van der Waals surface area contributed by atoms with Crippen molar-refractivity contribution in [2.75, 3.05) is 31.7 Å². The molecule has 2 rings (SSSR count). The lowest BCUT2D eigenvalue weighted by Gasteiger charge is -2.34. The molecule has 5 nitrogen and oxygen atoms in total. The van der Waals surface area contributed by atoms with Gasteiger partial charge >= 0.3 is 0 Å². The second-order valence-electron chi connectivity index (χ2n) is 5.36. The lowest BCUT2D eigenvalue weighted by molar-refractivity contribution is -0.131. The number of nitrogens with two attached hydrogens (primary N) is 1. The maximum atomic E-state index is 12.6. The lowest BCUT2D eigenvalue weighted by Crippen LogP contribution is -2.40. The minimum absolute atomic E-state index is 0. The number of halogens is 1. The molecule has 0 saturated carbocycles. The van der Waals surface area contributed by atoms with E-state index in [1.54, 1.807) is 0 Å². The molecule has 1 heterocycles. The van der Waals surface area contributed by atoms with Gasteiger partial charge in [-0.05, 0) is 43.5 Å². The molecule has 0 atom stereocenters. The number of carbonyl (C=O) groups is 1. The summed E-state index contributed by atoms with van der Waals surface area (Å²) in [7, 11) is 0. The molecule has 1 aliphatic heterocycles. The highest BCUT2D eigenvalue weighted by molar-refractivity contribution is 5.95. The molecule has 22 heavy (non-hydrogen) atoms. The van der Waals surface area contributed by atoms with Gasteiger partial charge < -0.3 is 20.5 Å². The first kappa shape index (κ1) is 18.7. The van der Waals surface area contributed by atoms with Gasteiger partial charge in [0.2, 0.25) is 5.91 Å². The summed E-state index contributed by atoms with van der Waals surface area (Å²) in [6.07, 6.45) is 2.40. The molecule has 1 amide bonds. The zero-order valence-electron chi connectivity index (χ0n) is 13.0. The summed E-state index contributed by atoms with van der Waals surface area (Å²) in [6, 6.07) is 7.39. The Morgan fingerprint density at radius 2 is 1.95 bits per heavy atom. The van der Waals surface area contributed by atoms with Crippen LogP contribution in [0.3, 0.4) is 0 Å². The van der Waals surface area contributed by atoms with E-state index in [1.165, 1.54) is 0 Å². The molecule has 1 aliphatic rings. The fraction of sp³-hybridized carbons (Fsp3) is 0.562. The molecule has 0 aromatic heterocycles. The van der Waals surface area contributed by atoms with Crippen LogP contribution in [0, 0.1) is 5.41 Å². The van der Waals surface area contributed by atoms with E-state index in [-0.39, 0.29) is 23.7 Å². The molecule has 0 unspecified atom stereocenters. The van der Waals surface area contributed by atoms with Crippen LogP contribution in [0.15, 0.2) is 24.3 Å². The number of hydrogen-bond donors (Lipinski definition) is 2. The lowest BCUT2D eigenvalue weighted by atomic mass is 9.77. The van der Waals surface area contributed by atoms with Gasteiger partial charge in [-0.2, -0.15) is 0 Å². The molecular formula is C16H25ClN2O3. The van der Waals surface area contributed by atoms with Crippen molar-refractivity contribution in [1.82, 2.24) is 0 Å². The molecule has 6 heteroatoms. The van der Waals surface area contributed by atoms with Crippen molar-refractivity contribution in [3.05, 3.63) is 24.3 Å². The van der Waals surface area contributed by atoms with Crippen molar-refractivity contribution in [3.63, 3.8) is 0 Å². The zero-order valence-corrected chi connectivity index (χ0v) is 13.8. The molecule has 1 saturated heterocycles. The zero-order chi connectivity index (χ0) is 15.1. The first-order valence-electron chi connectivity index (χ1n) is 7.52. The van der Waals surface area contributed by atoms with E-state index in [2.05, 4.69) is 12.2 Å². The second kappa shape index (κ2) is 8.98. The summed E-state index contributed by atoms with van der Waals surface area (Å²) in [4.78, 5) is 12.6. The topological polar surface area (TPSA) is 73.6 Å². The molecule has 0 aliphatic carbocycles. The minimum atomic E-state index is -0.299. The average molecular weight is 329 g/mol. The third-order valence-electron chi connectivity index (χ3n) is 4.11. The Bertz CT molecular complexity index is 459. The van der Waals surface area contributed by atoms with Gasteiger partial charge in [0.05, 0.1) is 5.41 Å².